The van der Waals surface area contributed by atoms with Crippen LogP contribution in [0, 0.1) is 5.92 Å². The average molecular weight is 166 g/mol. The third-order valence-electron chi connectivity index (χ3n) is 2.17. The van der Waals surface area contributed by atoms with Gasteiger partial charge in [0.1, 0.15) is 0 Å². The van der Waals surface area contributed by atoms with Gasteiger partial charge in [-0.25, -0.2) is 0 Å². The van der Waals surface area contributed by atoms with Crippen molar-refractivity contribution in [3.63, 3.8) is 0 Å². The lowest BCUT2D eigenvalue weighted by Crippen LogP contribution is -1.89. The van der Waals surface area contributed by atoms with Crippen LogP contribution in [0.2, 0.25) is 0 Å². The monoisotopic (exact) mass is 166 g/mol. The van der Waals surface area contributed by atoms with Crippen molar-refractivity contribution in [2.24, 2.45) is 5.92 Å². The van der Waals surface area contributed by atoms with E-state index in [0.717, 1.165) is 5.92 Å². The number of hydrogen-bond donors (Lipinski definition) is 0. The van der Waals surface area contributed by atoms with Crippen molar-refractivity contribution in [2.45, 2.75) is 52.9 Å². The van der Waals surface area contributed by atoms with E-state index in [2.05, 4.69) is 38.7 Å². The van der Waals surface area contributed by atoms with Crippen molar-refractivity contribution >= 4 is 0 Å². The normalized spacial score (nSPS) is 11.9. The molecule has 0 aliphatic carbocycles. The summed E-state index contributed by atoms with van der Waals surface area (Å²) in [6.45, 7) is 6.75. The molecule has 0 rings (SSSR count). The molecular formula is C12H22. The highest BCUT2D eigenvalue weighted by molar-refractivity contribution is 4.84. The number of unbranched alkanes of at least 4 members (excludes halogenated alkanes) is 1. The fourth-order valence-electron chi connectivity index (χ4n) is 0.966. The first-order chi connectivity index (χ1) is 5.81. The van der Waals surface area contributed by atoms with Crippen LogP contribution in [0.3, 0.4) is 0 Å². The lowest BCUT2D eigenvalue weighted by Gasteiger charge is -2.03. The highest BCUT2D eigenvalue weighted by atomic mass is 14.0. The standard InChI is InChI=1S/C12H22/c1-4-6-7-8-9-10-11-12(3)5-2/h7,9,12H,4-6,10-11H2,1-3H3. The minimum Gasteiger partial charge on any atom is -0.130 e. The quantitative estimate of drug-likeness (QED) is 0.515. The Morgan fingerprint density at radius 3 is 2.42 bits per heavy atom. The predicted molar refractivity (Wildman–Crippen MR) is 56.3 cm³/mol. The van der Waals surface area contributed by atoms with E-state index in [1.54, 1.807) is 0 Å². The van der Waals surface area contributed by atoms with Crippen molar-refractivity contribution in [3.8, 4) is 0 Å². The third kappa shape index (κ3) is 7.63. The molecule has 0 nitrogen and oxygen atoms in total. The molecule has 0 aromatic carbocycles. The molecule has 0 spiro atoms. The molecule has 1 atom stereocenters. The smallest absolute Gasteiger partial charge is 0.0272 e. The van der Waals surface area contributed by atoms with Crippen molar-refractivity contribution in [2.75, 3.05) is 0 Å². The minimum absolute atomic E-state index is 0.870. The summed E-state index contributed by atoms with van der Waals surface area (Å²) in [6.07, 6.45) is 10.5. The number of rotatable bonds is 6. The average Bonchev–Trinajstić information content (AvgIpc) is 2.10. The van der Waals surface area contributed by atoms with Crippen LogP contribution in [-0.4, -0.2) is 0 Å². The molecule has 70 valence electrons. The van der Waals surface area contributed by atoms with Crippen LogP contribution in [0.4, 0.5) is 0 Å². The van der Waals surface area contributed by atoms with Gasteiger partial charge in [-0.3, -0.25) is 0 Å². The summed E-state index contributed by atoms with van der Waals surface area (Å²) in [5.74, 6) is 0.870. The summed E-state index contributed by atoms with van der Waals surface area (Å²) in [5.41, 5.74) is 3.22. The van der Waals surface area contributed by atoms with Crippen LogP contribution in [0.15, 0.2) is 17.9 Å². The van der Waals surface area contributed by atoms with Gasteiger partial charge >= 0.3 is 0 Å². The molecule has 0 saturated carbocycles. The van der Waals surface area contributed by atoms with Gasteiger partial charge < -0.3 is 0 Å². The molecule has 12 heavy (non-hydrogen) atoms. The Morgan fingerprint density at radius 2 is 1.83 bits per heavy atom. The molecule has 0 saturated heterocycles. The van der Waals surface area contributed by atoms with Gasteiger partial charge in [0.2, 0.25) is 0 Å². The molecular weight excluding hydrogens is 144 g/mol. The molecule has 0 heteroatoms. The zero-order valence-corrected chi connectivity index (χ0v) is 8.77. The van der Waals surface area contributed by atoms with Crippen LogP contribution in [0.25, 0.3) is 0 Å². The van der Waals surface area contributed by atoms with Crippen LogP contribution < -0.4 is 0 Å². The van der Waals surface area contributed by atoms with Gasteiger partial charge in [-0.15, -0.1) is 5.73 Å². The van der Waals surface area contributed by atoms with E-state index in [-0.39, 0.29) is 0 Å². The fraction of sp³-hybridized carbons (Fsp3) is 0.750. The van der Waals surface area contributed by atoms with E-state index >= 15 is 0 Å². The van der Waals surface area contributed by atoms with E-state index in [1.165, 1.54) is 32.1 Å². The van der Waals surface area contributed by atoms with Gasteiger partial charge in [-0.1, -0.05) is 33.6 Å². The summed E-state index contributed by atoms with van der Waals surface area (Å²) in [6, 6.07) is 0. The van der Waals surface area contributed by atoms with Gasteiger partial charge in [0, 0.05) is 0 Å². The maximum absolute atomic E-state index is 3.22. The van der Waals surface area contributed by atoms with Crippen LogP contribution >= 0.6 is 0 Å². The summed E-state index contributed by atoms with van der Waals surface area (Å²) >= 11 is 0. The van der Waals surface area contributed by atoms with Crippen molar-refractivity contribution in [3.05, 3.63) is 17.9 Å². The minimum atomic E-state index is 0.870. The van der Waals surface area contributed by atoms with Gasteiger partial charge in [0.05, 0.1) is 0 Å². The second-order valence-corrected chi connectivity index (χ2v) is 3.45. The molecule has 0 radical (unpaired) electrons. The zero-order chi connectivity index (χ0) is 9.23. The molecule has 0 amide bonds. The van der Waals surface area contributed by atoms with Crippen molar-refractivity contribution < 1.29 is 0 Å². The highest BCUT2D eigenvalue weighted by Crippen LogP contribution is 2.08. The second kappa shape index (κ2) is 8.62. The van der Waals surface area contributed by atoms with Crippen molar-refractivity contribution in [1.29, 1.82) is 0 Å². The van der Waals surface area contributed by atoms with E-state index in [9.17, 15) is 0 Å². The lowest BCUT2D eigenvalue weighted by atomic mass is 10.0. The summed E-state index contributed by atoms with van der Waals surface area (Å²) in [7, 11) is 0. The van der Waals surface area contributed by atoms with E-state index < -0.39 is 0 Å². The van der Waals surface area contributed by atoms with E-state index in [4.69, 9.17) is 0 Å². The molecule has 0 fully saturated rings. The second-order valence-electron chi connectivity index (χ2n) is 3.45. The number of hydrogen-bond acceptors (Lipinski definition) is 0. The lowest BCUT2D eigenvalue weighted by molar-refractivity contribution is 0.522. The van der Waals surface area contributed by atoms with Crippen LogP contribution in [0.1, 0.15) is 52.9 Å². The van der Waals surface area contributed by atoms with Gasteiger partial charge in [0.15, 0.2) is 0 Å². The molecule has 0 bridgehead atoms. The highest BCUT2D eigenvalue weighted by Gasteiger charge is 1.94. The third-order valence-corrected chi connectivity index (χ3v) is 2.17. The molecule has 0 aliphatic heterocycles. The molecule has 0 aromatic heterocycles. The van der Waals surface area contributed by atoms with Gasteiger partial charge in [-0.05, 0) is 37.3 Å². The Hall–Kier alpha value is -0.480. The molecule has 0 aliphatic rings. The van der Waals surface area contributed by atoms with Gasteiger partial charge in [0.25, 0.3) is 0 Å². The van der Waals surface area contributed by atoms with Crippen LogP contribution in [-0.2, 0) is 0 Å². The summed E-state index contributed by atoms with van der Waals surface area (Å²) < 4.78 is 0. The largest absolute Gasteiger partial charge is 0.130 e. The molecule has 0 N–H and O–H groups in total. The fourth-order valence-corrected chi connectivity index (χ4v) is 0.966. The Kier molecular flexibility index (Phi) is 8.27. The Balaban J connectivity index is 3.35. The summed E-state index contributed by atoms with van der Waals surface area (Å²) in [4.78, 5) is 0. The number of allylic oxidation sites excluding steroid dienone is 1. The Labute approximate surface area is 77.4 Å². The Bertz CT molecular complexity index is 138. The topological polar surface area (TPSA) is 0 Å². The SMILES string of the molecule is CCCC=C=CCCC(C)CC. The van der Waals surface area contributed by atoms with Crippen molar-refractivity contribution in [1.82, 2.24) is 0 Å². The first-order valence-electron chi connectivity index (χ1n) is 5.20. The summed E-state index contributed by atoms with van der Waals surface area (Å²) in [5, 5.41) is 0. The first-order valence-corrected chi connectivity index (χ1v) is 5.20. The molecule has 0 aromatic rings. The van der Waals surface area contributed by atoms with E-state index in [0.29, 0.717) is 0 Å². The molecule has 0 heterocycles. The molecule has 1 unspecified atom stereocenters. The zero-order valence-electron chi connectivity index (χ0n) is 8.77. The maximum Gasteiger partial charge on any atom is -0.0272 e. The van der Waals surface area contributed by atoms with E-state index in [1.807, 2.05) is 0 Å². The first kappa shape index (κ1) is 11.5. The Morgan fingerprint density at radius 1 is 1.17 bits per heavy atom. The van der Waals surface area contributed by atoms with Crippen LogP contribution in [0.5, 0.6) is 0 Å². The van der Waals surface area contributed by atoms with Gasteiger partial charge in [-0.2, -0.15) is 0 Å². The maximum atomic E-state index is 3.22. The predicted octanol–water partition coefficient (Wildman–Crippen LogP) is 4.32.